The molecule has 2 rings (SSSR count). The van der Waals surface area contributed by atoms with Gasteiger partial charge in [-0.2, -0.15) is 4.57 Å². The molecule has 1 aromatic heterocycles. The predicted octanol–water partition coefficient (Wildman–Crippen LogP) is 0.116. The van der Waals surface area contributed by atoms with Crippen LogP contribution in [0, 0.1) is 6.92 Å². The second kappa shape index (κ2) is 6.67. The molecule has 1 nitrogen and oxygen atoms in total. The Labute approximate surface area is 113 Å². The van der Waals surface area contributed by atoms with E-state index in [9.17, 15) is 0 Å². The van der Waals surface area contributed by atoms with Crippen molar-refractivity contribution in [1.82, 2.24) is 0 Å². The van der Waals surface area contributed by atoms with E-state index in [1.165, 1.54) is 16.2 Å². The molecule has 0 atom stereocenters. The van der Waals surface area contributed by atoms with Gasteiger partial charge in [0.2, 0.25) is 5.03 Å². The van der Waals surface area contributed by atoms with Crippen LogP contribution in [0.3, 0.4) is 0 Å². The number of aryl methyl sites for hydroxylation is 2. The van der Waals surface area contributed by atoms with Crippen molar-refractivity contribution >= 4 is 11.8 Å². The Morgan fingerprint density at radius 2 is 1.94 bits per heavy atom. The van der Waals surface area contributed by atoms with Gasteiger partial charge in [-0.05, 0) is 18.6 Å². The topological polar surface area (TPSA) is 3.88 Å². The molecule has 0 saturated heterocycles. The fraction of sp³-hybridized carbons (Fsp3) is 0.214. The molecule has 0 N–H and O–H groups in total. The van der Waals surface area contributed by atoms with E-state index in [0.29, 0.717) is 0 Å². The Bertz CT molecular complexity index is 485. The third-order valence-corrected chi connectivity index (χ3v) is 3.67. The molecule has 17 heavy (non-hydrogen) atoms. The SMILES string of the molecule is Cc1cccc(CSc2cccc[n+]2C)c1.[Cl-]. The quantitative estimate of drug-likeness (QED) is 0.563. The molecule has 0 unspecified atom stereocenters. The van der Waals surface area contributed by atoms with Crippen molar-refractivity contribution in [2.45, 2.75) is 17.7 Å². The zero-order valence-corrected chi connectivity index (χ0v) is 11.6. The normalized spacial score (nSPS) is 9.76. The largest absolute Gasteiger partial charge is 1.00 e. The summed E-state index contributed by atoms with van der Waals surface area (Å²) in [7, 11) is 2.08. The van der Waals surface area contributed by atoms with Gasteiger partial charge in [0.05, 0.1) is 0 Å². The lowest BCUT2D eigenvalue weighted by atomic mass is 10.2. The fourth-order valence-corrected chi connectivity index (χ4v) is 2.55. The van der Waals surface area contributed by atoms with Crippen LogP contribution in [-0.4, -0.2) is 0 Å². The smallest absolute Gasteiger partial charge is 0.240 e. The van der Waals surface area contributed by atoms with E-state index >= 15 is 0 Å². The van der Waals surface area contributed by atoms with Crippen LogP contribution in [0.1, 0.15) is 11.1 Å². The van der Waals surface area contributed by atoms with E-state index in [0.717, 1.165) is 5.75 Å². The third kappa shape index (κ3) is 4.06. The maximum absolute atomic E-state index is 2.25. The zero-order valence-electron chi connectivity index (χ0n) is 10.1. The molecule has 0 bridgehead atoms. The number of hydrogen-bond acceptors (Lipinski definition) is 1. The van der Waals surface area contributed by atoms with E-state index in [2.05, 4.69) is 67.2 Å². The van der Waals surface area contributed by atoms with E-state index in [-0.39, 0.29) is 12.4 Å². The Hall–Kier alpha value is -0.990. The molecular formula is C14H16ClNS. The lowest BCUT2D eigenvalue weighted by Gasteiger charge is -2.01. The molecule has 0 aliphatic rings. The van der Waals surface area contributed by atoms with Crippen molar-refractivity contribution in [3.8, 4) is 0 Å². The van der Waals surface area contributed by atoms with Crippen LogP contribution in [0.5, 0.6) is 0 Å². The first-order valence-corrected chi connectivity index (χ1v) is 6.37. The summed E-state index contributed by atoms with van der Waals surface area (Å²) in [6.45, 7) is 2.14. The first kappa shape index (κ1) is 14.1. The monoisotopic (exact) mass is 265 g/mol. The number of hydrogen-bond donors (Lipinski definition) is 0. The fourth-order valence-electron chi connectivity index (χ4n) is 1.62. The highest BCUT2D eigenvalue weighted by molar-refractivity contribution is 7.98. The molecule has 0 aliphatic carbocycles. The summed E-state index contributed by atoms with van der Waals surface area (Å²) in [6, 6.07) is 15.0. The molecule has 90 valence electrons. The minimum atomic E-state index is 0. The molecule has 1 aromatic carbocycles. The van der Waals surface area contributed by atoms with Gasteiger partial charge < -0.3 is 12.4 Å². The van der Waals surface area contributed by atoms with Crippen LogP contribution in [-0.2, 0) is 12.8 Å². The zero-order chi connectivity index (χ0) is 11.4. The summed E-state index contributed by atoms with van der Waals surface area (Å²) in [6.07, 6.45) is 2.08. The Kier molecular flexibility index (Phi) is 5.52. The summed E-state index contributed by atoms with van der Waals surface area (Å²) in [4.78, 5) is 0. The summed E-state index contributed by atoms with van der Waals surface area (Å²) >= 11 is 1.87. The van der Waals surface area contributed by atoms with Crippen molar-refractivity contribution in [3.63, 3.8) is 0 Å². The van der Waals surface area contributed by atoms with Crippen molar-refractivity contribution in [2.75, 3.05) is 0 Å². The van der Waals surface area contributed by atoms with Gasteiger partial charge in [0.15, 0.2) is 6.20 Å². The standard InChI is InChI=1S/C14H16NS.ClH/c1-12-6-5-7-13(10-12)11-16-14-8-3-4-9-15(14)2;/h3-10H,11H2,1-2H3;1H/q+1;/p-1. The van der Waals surface area contributed by atoms with Crippen LogP contribution in [0.2, 0.25) is 0 Å². The number of halogens is 1. The van der Waals surface area contributed by atoms with Gasteiger partial charge in [-0.3, -0.25) is 0 Å². The van der Waals surface area contributed by atoms with Gasteiger partial charge in [0, 0.05) is 17.9 Å². The first-order valence-electron chi connectivity index (χ1n) is 5.39. The second-order valence-corrected chi connectivity index (χ2v) is 4.92. The minimum Gasteiger partial charge on any atom is -1.00 e. The molecule has 1 heterocycles. The summed E-state index contributed by atoms with van der Waals surface area (Å²) in [5.74, 6) is 1.03. The lowest BCUT2D eigenvalue weighted by Crippen LogP contribution is -3.00. The Balaban J connectivity index is 0.00000144. The lowest BCUT2D eigenvalue weighted by molar-refractivity contribution is -0.708. The van der Waals surface area contributed by atoms with Crippen molar-refractivity contribution in [2.24, 2.45) is 7.05 Å². The molecule has 0 radical (unpaired) electrons. The van der Waals surface area contributed by atoms with E-state index in [4.69, 9.17) is 0 Å². The second-order valence-electron chi connectivity index (χ2n) is 3.93. The maximum Gasteiger partial charge on any atom is 0.240 e. The number of aromatic nitrogens is 1. The Morgan fingerprint density at radius 3 is 2.65 bits per heavy atom. The molecule has 3 heteroatoms. The van der Waals surface area contributed by atoms with E-state index in [1.54, 1.807) is 0 Å². The Morgan fingerprint density at radius 1 is 1.12 bits per heavy atom. The van der Waals surface area contributed by atoms with E-state index in [1.807, 2.05) is 11.8 Å². The average Bonchev–Trinajstić information content (AvgIpc) is 2.28. The number of thioether (sulfide) groups is 1. The highest BCUT2D eigenvalue weighted by Crippen LogP contribution is 2.19. The third-order valence-electron chi connectivity index (χ3n) is 2.48. The molecule has 0 amide bonds. The van der Waals surface area contributed by atoms with Gasteiger partial charge in [0.25, 0.3) is 0 Å². The van der Waals surface area contributed by atoms with Gasteiger partial charge in [-0.15, -0.1) is 0 Å². The number of benzene rings is 1. The minimum absolute atomic E-state index is 0. The molecule has 0 spiro atoms. The summed E-state index contributed by atoms with van der Waals surface area (Å²) in [5.41, 5.74) is 2.71. The molecule has 2 aromatic rings. The number of rotatable bonds is 3. The first-order chi connectivity index (χ1) is 7.75. The van der Waals surface area contributed by atoms with Crippen molar-refractivity contribution < 1.29 is 17.0 Å². The van der Waals surface area contributed by atoms with Crippen LogP contribution < -0.4 is 17.0 Å². The summed E-state index contributed by atoms with van der Waals surface area (Å²) in [5, 5.41) is 1.30. The highest BCUT2D eigenvalue weighted by atomic mass is 35.5. The number of nitrogens with zero attached hydrogens (tertiary/aromatic N) is 1. The van der Waals surface area contributed by atoms with Crippen LogP contribution in [0.15, 0.2) is 53.7 Å². The van der Waals surface area contributed by atoms with Gasteiger partial charge in [-0.25, -0.2) is 0 Å². The van der Waals surface area contributed by atoms with Crippen LogP contribution >= 0.6 is 11.8 Å². The maximum atomic E-state index is 2.25. The number of pyridine rings is 1. The molecule has 0 aliphatic heterocycles. The molecular weight excluding hydrogens is 250 g/mol. The van der Waals surface area contributed by atoms with Gasteiger partial charge >= 0.3 is 0 Å². The van der Waals surface area contributed by atoms with Gasteiger partial charge in [-0.1, -0.05) is 41.6 Å². The summed E-state index contributed by atoms with van der Waals surface area (Å²) < 4.78 is 2.15. The molecule has 0 fully saturated rings. The van der Waals surface area contributed by atoms with Crippen LogP contribution in [0.4, 0.5) is 0 Å². The molecule has 0 saturated carbocycles. The van der Waals surface area contributed by atoms with Gasteiger partial charge in [0.1, 0.15) is 7.05 Å². The van der Waals surface area contributed by atoms with Crippen LogP contribution in [0.25, 0.3) is 0 Å². The van der Waals surface area contributed by atoms with E-state index < -0.39 is 0 Å². The highest BCUT2D eigenvalue weighted by Gasteiger charge is 2.05. The van der Waals surface area contributed by atoms with Crippen molar-refractivity contribution in [3.05, 3.63) is 59.8 Å². The average molecular weight is 266 g/mol. The van der Waals surface area contributed by atoms with Crippen molar-refractivity contribution in [1.29, 1.82) is 0 Å². The predicted molar refractivity (Wildman–Crippen MR) is 68.4 cm³/mol.